The second kappa shape index (κ2) is 6.98. The highest BCUT2D eigenvalue weighted by Crippen LogP contribution is 2.30. The number of pyridine rings is 1. The van der Waals surface area contributed by atoms with Crippen molar-refractivity contribution < 1.29 is 9.13 Å². The van der Waals surface area contributed by atoms with Crippen molar-refractivity contribution in [2.75, 3.05) is 6.61 Å². The lowest BCUT2D eigenvalue weighted by Gasteiger charge is -2.20. The molecule has 2 rings (SSSR count). The van der Waals surface area contributed by atoms with Crippen molar-refractivity contribution >= 4 is 0 Å². The molecule has 1 unspecified atom stereocenters. The topological polar surface area (TPSA) is 60.2 Å². The van der Waals surface area contributed by atoms with Gasteiger partial charge in [-0.2, -0.15) is 0 Å². The summed E-state index contributed by atoms with van der Waals surface area (Å²) in [6.45, 7) is 2.64. The first kappa shape index (κ1) is 14.4. The summed E-state index contributed by atoms with van der Waals surface area (Å²) in [5.41, 5.74) is 3.88. The van der Waals surface area contributed by atoms with E-state index in [0.29, 0.717) is 17.9 Å². The van der Waals surface area contributed by atoms with Crippen molar-refractivity contribution in [3.8, 4) is 5.75 Å². The molecule has 1 atom stereocenters. The third-order valence-corrected chi connectivity index (χ3v) is 2.97. The molecule has 4 nitrogen and oxygen atoms in total. The van der Waals surface area contributed by atoms with Crippen LogP contribution in [0, 0.1) is 5.82 Å². The van der Waals surface area contributed by atoms with Gasteiger partial charge < -0.3 is 4.74 Å². The van der Waals surface area contributed by atoms with Crippen LogP contribution in [-0.4, -0.2) is 11.6 Å². The number of aromatic nitrogens is 1. The number of hydrogen-bond donors (Lipinski definition) is 2. The van der Waals surface area contributed by atoms with E-state index in [1.165, 1.54) is 12.4 Å². The van der Waals surface area contributed by atoms with E-state index in [0.717, 1.165) is 12.0 Å². The summed E-state index contributed by atoms with van der Waals surface area (Å²) in [6.07, 6.45) is 3.62. The third kappa shape index (κ3) is 3.12. The van der Waals surface area contributed by atoms with Gasteiger partial charge in [0.05, 0.1) is 18.8 Å². The zero-order valence-corrected chi connectivity index (χ0v) is 11.3. The summed E-state index contributed by atoms with van der Waals surface area (Å²) < 4.78 is 19.6. The highest BCUT2D eigenvalue weighted by molar-refractivity contribution is 5.41. The molecule has 1 aromatic heterocycles. The van der Waals surface area contributed by atoms with Crippen LogP contribution in [0.25, 0.3) is 0 Å². The van der Waals surface area contributed by atoms with E-state index < -0.39 is 11.9 Å². The zero-order chi connectivity index (χ0) is 14.4. The molecule has 20 heavy (non-hydrogen) atoms. The number of hydrazine groups is 1. The molecule has 5 heteroatoms. The number of nitrogens with two attached hydrogens (primary N) is 1. The molecular formula is C15H18FN3O. The van der Waals surface area contributed by atoms with Gasteiger partial charge in [-0.3, -0.25) is 10.8 Å². The zero-order valence-electron chi connectivity index (χ0n) is 11.3. The maximum atomic E-state index is 13.9. The minimum absolute atomic E-state index is 0.402. The van der Waals surface area contributed by atoms with Gasteiger partial charge in [0.1, 0.15) is 11.6 Å². The van der Waals surface area contributed by atoms with Gasteiger partial charge in [0.2, 0.25) is 0 Å². The van der Waals surface area contributed by atoms with Gasteiger partial charge in [0, 0.05) is 17.3 Å². The Morgan fingerprint density at radius 3 is 2.80 bits per heavy atom. The average Bonchev–Trinajstić information content (AvgIpc) is 2.49. The standard InChI is InChI=1S/C15H18FN3O/c1-2-9-20-14-6-4-3-5-12(14)15(19-17)11-7-8-18-10-13(11)16/h3-8,10,15,19H,2,9,17H2,1H3. The quantitative estimate of drug-likeness (QED) is 0.628. The van der Waals surface area contributed by atoms with Gasteiger partial charge in [0.25, 0.3) is 0 Å². The van der Waals surface area contributed by atoms with Crippen LogP contribution < -0.4 is 16.0 Å². The van der Waals surface area contributed by atoms with Gasteiger partial charge in [-0.15, -0.1) is 0 Å². The molecule has 0 aliphatic carbocycles. The van der Waals surface area contributed by atoms with Crippen molar-refractivity contribution in [2.45, 2.75) is 19.4 Å². The lowest BCUT2D eigenvalue weighted by Crippen LogP contribution is -2.30. The second-order valence-corrected chi connectivity index (χ2v) is 4.38. The van der Waals surface area contributed by atoms with Crippen LogP contribution in [0.5, 0.6) is 5.75 Å². The molecule has 0 aliphatic rings. The lowest BCUT2D eigenvalue weighted by molar-refractivity contribution is 0.311. The highest BCUT2D eigenvalue weighted by atomic mass is 19.1. The molecule has 0 aliphatic heterocycles. The monoisotopic (exact) mass is 275 g/mol. The molecule has 0 spiro atoms. The van der Waals surface area contributed by atoms with Crippen LogP contribution in [0.1, 0.15) is 30.5 Å². The van der Waals surface area contributed by atoms with Gasteiger partial charge >= 0.3 is 0 Å². The van der Waals surface area contributed by atoms with E-state index in [-0.39, 0.29) is 0 Å². The van der Waals surface area contributed by atoms with Crippen molar-refractivity contribution in [3.05, 3.63) is 59.7 Å². The maximum Gasteiger partial charge on any atom is 0.146 e. The summed E-state index contributed by atoms with van der Waals surface area (Å²) in [5.74, 6) is 5.91. The van der Waals surface area contributed by atoms with Crippen molar-refractivity contribution in [3.63, 3.8) is 0 Å². The first-order chi connectivity index (χ1) is 9.77. The number of para-hydroxylation sites is 1. The normalized spacial score (nSPS) is 12.2. The molecule has 0 amide bonds. The Hall–Kier alpha value is -1.98. The van der Waals surface area contributed by atoms with Crippen LogP contribution in [0.15, 0.2) is 42.7 Å². The summed E-state index contributed by atoms with van der Waals surface area (Å²) >= 11 is 0. The average molecular weight is 275 g/mol. The Labute approximate surface area is 117 Å². The highest BCUT2D eigenvalue weighted by Gasteiger charge is 2.20. The van der Waals surface area contributed by atoms with E-state index in [2.05, 4.69) is 10.4 Å². The summed E-state index contributed by atoms with van der Waals surface area (Å²) in [6, 6.07) is 8.61. The molecule has 1 aromatic carbocycles. The number of halogens is 1. The van der Waals surface area contributed by atoms with Crippen LogP contribution in [0.4, 0.5) is 4.39 Å². The summed E-state index contributed by atoms with van der Waals surface area (Å²) in [7, 11) is 0. The summed E-state index contributed by atoms with van der Waals surface area (Å²) in [4.78, 5) is 3.75. The fourth-order valence-corrected chi connectivity index (χ4v) is 2.03. The van der Waals surface area contributed by atoms with E-state index in [4.69, 9.17) is 10.6 Å². The SMILES string of the molecule is CCCOc1ccccc1C(NN)c1ccncc1F. The Morgan fingerprint density at radius 1 is 1.30 bits per heavy atom. The lowest BCUT2D eigenvalue weighted by atomic mass is 9.99. The molecule has 0 saturated heterocycles. The fraction of sp³-hybridized carbons (Fsp3) is 0.267. The van der Waals surface area contributed by atoms with Crippen molar-refractivity contribution in [1.29, 1.82) is 0 Å². The molecule has 0 saturated carbocycles. The molecule has 3 N–H and O–H groups in total. The summed E-state index contributed by atoms with van der Waals surface area (Å²) in [5, 5.41) is 0. The van der Waals surface area contributed by atoms with Gasteiger partial charge in [-0.05, 0) is 18.6 Å². The first-order valence-corrected chi connectivity index (χ1v) is 6.55. The molecule has 1 heterocycles. The number of ether oxygens (including phenoxy) is 1. The Kier molecular flexibility index (Phi) is 5.03. The van der Waals surface area contributed by atoms with Crippen LogP contribution in [0.2, 0.25) is 0 Å². The van der Waals surface area contributed by atoms with E-state index in [1.807, 2.05) is 31.2 Å². The van der Waals surface area contributed by atoms with Crippen molar-refractivity contribution in [2.24, 2.45) is 5.84 Å². The molecular weight excluding hydrogens is 257 g/mol. The smallest absolute Gasteiger partial charge is 0.146 e. The number of nitrogens with one attached hydrogen (secondary N) is 1. The predicted molar refractivity (Wildman–Crippen MR) is 75.6 cm³/mol. The third-order valence-electron chi connectivity index (χ3n) is 2.97. The second-order valence-electron chi connectivity index (χ2n) is 4.38. The number of benzene rings is 1. The first-order valence-electron chi connectivity index (χ1n) is 6.55. The van der Waals surface area contributed by atoms with E-state index in [9.17, 15) is 4.39 Å². The predicted octanol–water partition coefficient (Wildman–Crippen LogP) is 2.56. The molecule has 0 bridgehead atoms. The van der Waals surface area contributed by atoms with Gasteiger partial charge in [-0.1, -0.05) is 25.1 Å². The number of hydrogen-bond acceptors (Lipinski definition) is 4. The van der Waals surface area contributed by atoms with Gasteiger partial charge in [-0.25, -0.2) is 9.82 Å². The largest absolute Gasteiger partial charge is 0.493 e. The fourth-order valence-electron chi connectivity index (χ4n) is 2.03. The van der Waals surface area contributed by atoms with E-state index in [1.54, 1.807) is 6.07 Å². The van der Waals surface area contributed by atoms with Crippen molar-refractivity contribution in [1.82, 2.24) is 10.4 Å². The number of rotatable bonds is 6. The van der Waals surface area contributed by atoms with Crippen LogP contribution in [0.3, 0.4) is 0 Å². The maximum absolute atomic E-state index is 13.9. The Morgan fingerprint density at radius 2 is 2.10 bits per heavy atom. The van der Waals surface area contributed by atoms with Gasteiger partial charge in [0.15, 0.2) is 0 Å². The van der Waals surface area contributed by atoms with Crippen LogP contribution in [-0.2, 0) is 0 Å². The molecule has 106 valence electrons. The molecule has 0 radical (unpaired) electrons. The van der Waals surface area contributed by atoms with Crippen LogP contribution >= 0.6 is 0 Å². The Balaban J connectivity index is 2.39. The Bertz CT molecular complexity index is 562. The minimum Gasteiger partial charge on any atom is -0.493 e. The molecule has 0 fully saturated rings. The minimum atomic E-state index is -0.481. The van der Waals surface area contributed by atoms with E-state index >= 15 is 0 Å². The number of nitrogens with zero attached hydrogens (tertiary/aromatic N) is 1. The molecule has 2 aromatic rings.